The number of hydrogen-bond donors (Lipinski definition) is 0. The van der Waals surface area contributed by atoms with Crippen LogP contribution in [0.3, 0.4) is 0 Å². The van der Waals surface area contributed by atoms with Crippen LogP contribution in [0.25, 0.3) is 11.7 Å². The first-order valence-electron chi connectivity index (χ1n) is 8.46. The third kappa shape index (κ3) is 2.73. The summed E-state index contributed by atoms with van der Waals surface area (Å²) >= 11 is 6.42. The molecule has 2 fully saturated rings. The highest BCUT2D eigenvalue weighted by atomic mass is 32.2. The van der Waals surface area contributed by atoms with Gasteiger partial charge in [-0.25, -0.2) is 4.98 Å². The van der Waals surface area contributed by atoms with Gasteiger partial charge in [-0.3, -0.25) is 18.9 Å². The number of carbonyl (C=O) groups is 1. The highest BCUT2D eigenvalue weighted by Gasteiger charge is 2.30. The van der Waals surface area contributed by atoms with Crippen LogP contribution < -0.4 is 10.5 Å². The second-order valence-corrected chi connectivity index (χ2v) is 8.15. The SMILES string of the molecule is Cc1cccn2c(=O)c(/C=C3\SC(=S)N(C)C3=O)c(N3CCCC3)nc12. The summed E-state index contributed by atoms with van der Waals surface area (Å²) in [5, 5.41) is 0. The molecule has 0 aliphatic carbocycles. The van der Waals surface area contributed by atoms with Gasteiger partial charge in [0.2, 0.25) is 0 Å². The van der Waals surface area contributed by atoms with Crippen molar-refractivity contribution in [1.82, 2.24) is 14.3 Å². The molecule has 0 saturated carbocycles. The summed E-state index contributed by atoms with van der Waals surface area (Å²) in [5.41, 5.74) is 1.88. The van der Waals surface area contributed by atoms with Gasteiger partial charge in [0.05, 0.1) is 10.5 Å². The van der Waals surface area contributed by atoms with Crippen molar-refractivity contribution < 1.29 is 4.79 Å². The average Bonchev–Trinajstić information content (AvgIpc) is 3.23. The summed E-state index contributed by atoms with van der Waals surface area (Å²) in [5.74, 6) is 0.476. The Bertz CT molecular complexity index is 1020. The Balaban J connectivity index is 1.96. The minimum Gasteiger partial charge on any atom is -0.356 e. The first-order chi connectivity index (χ1) is 12.5. The number of carbonyl (C=O) groups excluding carboxylic acids is 1. The van der Waals surface area contributed by atoms with Crippen LogP contribution in [0.4, 0.5) is 5.82 Å². The van der Waals surface area contributed by atoms with E-state index in [9.17, 15) is 9.59 Å². The number of aryl methyl sites for hydroxylation is 1. The first kappa shape index (κ1) is 17.2. The van der Waals surface area contributed by atoms with Crippen molar-refractivity contribution in [2.24, 2.45) is 0 Å². The summed E-state index contributed by atoms with van der Waals surface area (Å²) in [6.07, 6.45) is 5.52. The normalized spacial score (nSPS) is 19.4. The Kier molecular flexibility index (Phi) is 4.32. The van der Waals surface area contributed by atoms with Crippen LogP contribution in [0.15, 0.2) is 28.0 Å². The fraction of sp³-hybridized carbons (Fsp3) is 0.333. The molecule has 2 aromatic rings. The minimum atomic E-state index is -0.180. The first-order valence-corrected chi connectivity index (χ1v) is 9.68. The molecule has 1 amide bonds. The third-order valence-electron chi connectivity index (χ3n) is 4.73. The van der Waals surface area contributed by atoms with Crippen molar-refractivity contribution in [3.05, 3.63) is 44.7 Å². The van der Waals surface area contributed by atoms with Crippen LogP contribution in [0, 0.1) is 6.92 Å². The molecule has 134 valence electrons. The molecule has 2 aromatic heterocycles. The quantitative estimate of drug-likeness (QED) is 0.584. The van der Waals surface area contributed by atoms with Crippen LogP contribution in [0.5, 0.6) is 0 Å². The van der Waals surface area contributed by atoms with Gasteiger partial charge in [0.15, 0.2) is 0 Å². The van der Waals surface area contributed by atoms with Crippen molar-refractivity contribution in [2.75, 3.05) is 25.0 Å². The average molecular weight is 387 g/mol. The standard InChI is InChI=1S/C18H18N4O2S2/c1-11-6-5-9-22-14(11)19-15(21-7-3-4-8-21)12(16(22)23)10-13-17(24)20(2)18(25)26-13/h5-6,9-10H,3-4,7-8H2,1-2H3/b13-10-. The predicted molar refractivity (Wildman–Crippen MR) is 109 cm³/mol. The van der Waals surface area contributed by atoms with Gasteiger partial charge in [0.1, 0.15) is 15.8 Å². The summed E-state index contributed by atoms with van der Waals surface area (Å²) in [6.45, 7) is 3.67. The van der Waals surface area contributed by atoms with Gasteiger partial charge in [0, 0.05) is 26.3 Å². The van der Waals surface area contributed by atoms with Gasteiger partial charge in [0.25, 0.3) is 11.5 Å². The molecule has 4 rings (SSSR count). The summed E-state index contributed by atoms with van der Waals surface area (Å²) in [6, 6.07) is 3.77. The topological polar surface area (TPSA) is 57.9 Å². The molecule has 4 heterocycles. The number of hydrogen-bond acceptors (Lipinski definition) is 6. The number of nitrogens with zero attached hydrogens (tertiary/aromatic N) is 4. The van der Waals surface area contributed by atoms with E-state index in [0.717, 1.165) is 31.5 Å². The highest BCUT2D eigenvalue weighted by Crippen LogP contribution is 2.33. The third-order valence-corrected chi connectivity index (χ3v) is 6.22. The molecule has 0 radical (unpaired) electrons. The Labute approximate surface area is 160 Å². The van der Waals surface area contributed by atoms with Gasteiger partial charge in [-0.05, 0) is 37.5 Å². The van der Waals surface area contributed by atoms with E-state index in [2.05, 4.69) is 4.90 Å². The molecule has 6 nitrogen and oxygen atoms in total. The zero-order valence-corrected chi connectivity index (χ0v) is 16.2. The number of pyridine rings is 1. The van der Waals surface area contributed by atoms with E-state index in [1.807, 2.05) is 19.1 Å². The van der Waals surface area contributed by atoms with Crippen molar-refractivity contribution in [1.29, 1.82) is 0 Å². The zero-order chi connectivity index (χ0) is 18.4. The summed E-state index contributed by atoms with van der Waals surface area (Å²) < 4.78 is 2.04. The molecule has 2 aliphatic heterocycles. The Morgan fingerprint density at radius 2 is 2.00 bits per heavy atom. The van der Waals surface area contributed by atoms with Crippen LogP contribution in [-0.4, -0.2) is 44.6 Å². The lowest BCUT2D eigenvalue weighted by molar-refractivity contribution is -0.121. The number of thiocarbonyl (C=S) groups is 1. The fourth-order valence-corrected chi connectivity index (χ4v) is 4.43. The Morgan fingerprint density at radius 1 is 1.27 bits per heavy atom. The smallest absolute Gasteiger partial charge is 0.267 e. The van der Waals surface area contributed by atoms with Crippen molar-refractivity contribution in [2.45, 2.75) is 19.8 Å². The second kappa shape index (κ2) is 6.51. The molecular formula is C18H18N4O2S2. The zero-order valence-electron chi connectivity index (χ0n) is 14.6. The molecule has 26 heavy (non-hydrogen) atoms. The van der Waals surface area contributed by atoms with E-state index in [1.54, 1.807) is 23.7 Å². The van der Waals surface area contributed by atoms with Crippen LogP contribution in [-0.2, 0) is 4.79 Å². The molecular weight excluding hydrogens is 368 g/mol. The van der Waals surface area contributed by atoms with Crippen LogP contribution in [0.1, 0.15) is 24.0 Å². The monoisotopic (exact) mass is 386 g/mol. The number of rotatable bonds is 2. The Hall–Kier alpha value is -2.19. The molecule has 0 N–H and O–H groups in total. The van der Waals surface area contributed by atoms with E-state index in [1.165, 1.54) is 16.7 Å². The maximum atomic E-state index is 13.2. The van der Waals surface area contributed by atoms with Crippen LogP contribution in [0.2, 0.25) is 0 Å². The number of thioether (sulfide) groups is 1. The molecule has 8 heteroatoms. The van der Waals surface area contributed by atoms with Crippen molar-refractivity contribution in [3.8, 4) is 0 Å². The van der Waals surface area contributed by atoms with E-state index in [-0.39, 0.29) is 11.5 Å². The number of amides is 1. The maximum absolute atomic E-state index is 13.2. The molecule has 2 saturated heterocycles. The van der Waals surface area contributed by atoms with Gasteiger partial charge >= 0.3 is 0 Å². The fourth-order valence-electron chi connectivity index (χ4n) is 3.27. The lowest BCUT2D eigenvalue weighted by Crippen LogP contribution is -2.27. The Morgan fingerprint density at radius 3 is 2.65 bits per heavy atom. The molecule has 0 atom stereocenters. The molecule has 0 aromatic carbocycles. The largest absolute Gasteiger partial charge is 0.356 e. The highest BCUT2D eigenvalue weighted by molar-refractivity contribution is 8.26. The minimum absolute atomic E-state index is 0.165. The van der Waals surface area contributed by atoms with Crippen molar-refractivity contribution in [3.63, 3.8) is 0 Å². The predicted octanol–water partition coefficient (Wildman–Crippen LogP) is 2.43. The van der Waals surface area contributed by atoms with E-state index >= 15 is 0 Å². The van der Waals surface area contributed by atoms with E-state index in [0.29, 0.717) is 26.3 Å². The van der Waals surface area contributed by atoms with Crippen LogP contribution >= 0.6 is 24.0 Å². The molecule has 0 bridgehead atoms. The summed E-state index contributed by atoms with van der Waals surface area (Å²) in [7, 11) is 1.65. The number of aromatic nitrogens is 2. The van der Waals surface area contributed by atoms with Gasteiger partial charge in [-0.2, -0.15) is 0 Å². The molecule has 0 spiro atoms. The van der Waals surface area contributed by atoms with Gasteiger partial charge < -0.3 is 4.90 Å². The number of likely N-dealkylation sites (N-methyl/N-ethyl adjacent to an activating group) is 1. The van der Waals surface area contributed by atoms with Gasteiger partial charge in [-0.15, -0.1) is 0 Å². The van der Waals surface area contributed by atoms with E-state index < -0.39 is 0 Å². The lowest BCUT2D eigenvalue weighted by atomic mass is 10.2. The number of fused-ring (bicyclic) bond motifs is 1. The maximum Gasteiger partial charge on any atom is 0.267 e. The van der Waals surface area contributed by atoms with E-state index in [4.69, 9.17) is 17.2 Å². The summed E-state index contributed by atoms with van der Waals surface area (Å²) in [4.78, 5) is 34.4. The van der Waals surface area contributed by atoms with Crippen molar-refractivity contribution >= 4 is 51.7 Å². The second-order valence-electron chi connectivity index (χ2n) is 6.47. The number of anilines is 1. The molecule has 0 unspecified atom stereocenters. The van der Waals surface area contributed by atoms with Gasteiger partial charge in [-0.1, -0.05) is 30.0 Å². The molecule has 2 aliphatic rings. The lowest BCUT2D eigenvalue weighted by Gasteiger charge is -2.20.